The summed E-state index contributed by atoms with van der Waals surface area (Å²) in [6.07, 6.45) is 4.14. The van der Waals surface area contributed by atoms with Gasteiger partial charge in [-0.25, -0.2) is 8.42 Å². The van der Waals surface area contributed by atoms with E-state index in [0.29, 0.717) is 38.0 Å². The van der Waals surface area contributed by atoms with Crippen LogP contribution in [0.1, 0.15) is 32.6 Å². The van der Waals surface area contributed by atoms with Crippen LogP contribution in [-0.4, -0.2) is 56.0 Å². The molecule has 4 fully saturated rings. The summed E-state index contributed by atoms with van der Waals surface area (Å²) in [7, 11) is -3.09. The molecule has 0 aromatic carbocycles. The lowest BCUT2D eigenvalue weighted by molar-refractivity contribution is -0.139. The molecular formula is C16H25NO4S. The molecule has 4 aliphatic rings. The molecule has 4 rings (SSSR count). The third-order valence-electron chi connectivity index (χ3n) is 6.12. The average Bonchev–Trinajstić information content (AvgIpc) is 3.30. The van der Waals surface area contributed by atoms with Crippen LogP contribution < -0.4 is 0 Å². The molecule has 3 atom stereocenters. The van der Waals surface area contributed by atoms with Crippen LogP contribution in [0.2, 0.25) is 0 Å². The maximum Gasteiger partial charge on any atom is 0.226 e. The fourth-order valence-electron chi connectivity index (χ4n) is 4.03. The van der Waals surface area contributed by atoms with Gasteiger partial charge in [0.05, 0.1) is 12.4 Å². The molecule has 0 aromatic heterocycles. The van der Waals surface area contributed by atoms with Gasteiger partial charge in [-0.2, -0.15) is 0 Å². The second kappa shape index (κ2) is 4.94. The zero-order valence-electron chi connectivity index (χ0n) is 13.2. The van der Waals surface area contributed by atoms with E-state index < -0.39 is 14.6 Å². The molecule has 3 unspecified atom stereocenters. The Morgan fingerprint density at radius 2 is 1.91 bits per heavy atom. The van der Waals surface area contributed by atoms with Gasteiger partial charge < -0.3 is 9.64 Å². The van der Waals surface area contributed by atoms with E-state index in [-0.39, 0.29) is 23.5 Å². The predicted octanol–water partition coefficient (Wildman–Crippen LogP) is 1.08. The summed E-state index contributed by atoms with van der Waals surface area (Å²) in [5, 5.41) is 0. The van der Waals surface area contributed by atoms with E-state index in [1.54, 1.807) is 4.90 Å². The molecule has 1 amide bonds. The highest BCUT2D eigenvalue weighted by Crippen LogP contribution is 2.48. The molecule has 0 N–H and O–H groups in total. The monoisotopic (exact) mass is 327 g/mol. The lowest BCUT2D eigenvalue weighted by atomic mass is 9.83. The first kappa shape index (κ1) is 14.9. The minimum atomic E-state index is -3.09. The van der Waals surface area contributed by atoms with Crippen LogP contribution in [0.3, 0.4) is 0 Å². The van der Waals surface area contributed by atoms with Gasteiger partial charge in [-0.1, -0.05) is 6.92 Å². The van der Waals surface area contributed by atoms with Gasteiger partial charge in [-0.3, -0.25) is 4.79 Å². The number of nitrogens with zero attached hydrogens (tertiary/aromatic N) is 1. The summed E-state index contributed by atoms with van der Waals surface area (Å²) < 4.78 is 30.1. The molecule has 2 aliphatic carbocycles. The van der Waals surface area contributed by atoms with Crippen LogP contribution in [0.5, 0.6) is 0 Å². The molecule has 0 radical (unpaired) electrons. The maximum absolute atomic E-state index is 12.5. The van der Waals surface area contributed by atoms with Gasteiger partial charge in [0.1, 0.15) is 4.75 Å². The fourth-order valence-corrected chi connectivity index (χ4v) is 6.43. The van der Waals surface area contributed by atoms with Crippen LogP contribution in [0.15, 0.2) is 0 Å². The third kappa shape index (κ3) is 2.30. The van der Waals surface area contributed by atoms with E-state index in [1.807, 2.05) is 0 Å². The summed E-state index contributed by atoms with van der Waals surface area (Å²) >= 11 is 0. The molecule has 0 bridgehead atoms. The number of rotatable bonds is 5. The van der Waals surface area contributed by atoms with E-state index >= 15 is 0 Å². The largest absolute Gasteiger partial charge is 0.381 e. The maximum atomic E-state index is 12.5. The van der Waals surface area contributed by atoms with Gasteiger partial charge in [0.2, 0.25) is 5.91 Å². The highest BCUT2D eigenvalue weighted by molar-refractivity contribution is 7.93. The standard InChI is InChI=1S/C16H25NO4S/c1-11-6-14(11)15(18)17-9-16(10-17)13(4-5-22(16,19)20)8-21-7-12-2-3-12/h11-14H,2-10H2,1H3. The second-order valence-corrected chi connectivity index (χ2v) is 10.3. The van der Waals surface area contributed by atoms with E-state index in [0.717, 1.165) is 13.0 Å². The Bertz CT molecular complexity index is 577. The fraction of sp³-hybridized carbons (Fsp3) is 0.938. The van der Waals surface area contributed by atoms with Crippen LogP contribution in [0.25, 0.3) is 0 Å². The van der Waals surface area contributed by atoms with Crippen molar-refractivity contribution in [3.05, 3.63) is 0 Å². The summed E-state index contributed by atoms with van der Waals surface area (Å²) in [5.41, 5.74) is 0. The van der Waals surface area contributed by atoms with Gasteiger partial charge in [-0.05, 0) is 37.5 Å². The van der Waals surface area contributed by atoms with Crippen LogP contribution in [0, 0.1) is 23.7 Å². The first-order chi connectivity index (χ1) is 10.4. The molecule has 124 valence electrons. The number of hydrogen-bond donors (Lipinski definition) is 0. The molecule has 2 heterocycles. The average molecular weight is 327 g/mol. The van der Waals surface area contributed by atoms with E-state index in [9.17, 15) is 13.2 Å². The summed E-state index contributed by atoms with van der Waals surface area (Å²) in [4.78, 5) is 14.0. The smallest absolute Gasteiger partial charge is 0.226 e. The summed E-state index contributed by atoms with van der Waals surface area (Å²) in [5.74, 6) is 1.80. The topological polar surface area (TPSA) is 63.7 Å². The zero-order chi connectivity index (χ0) is 15.5. The highest BCUT2D eigenvalue weighted by atomic mass is 32.2. The molecule has 22 heavy (non-hydrogen) atoms. The van der Waals surface area contributed by atoms with Crippen molar-refractivity contribution < 1.29 is 17.9 Å². The highest BCUT2D eigenvalue weighted by Gasteiger charge is 2.63. The number of amides is 1. The minimum absolute atomic E-state index is 0.0666. The first-order valence-electron chi connectivity index (χ1n) is 8.52. The number of ether oxygens (including phenoxy) is 1. The number of likely N-dealkylation sites (tertiary alicyclic amines) is 1. The van der Waals surface area contributed by atoms with Crippen LogP contribution >= 0.6 is 0 Å². The third-order valence-corrected chi connectivity index (χ3v) is 8.73. The normalized spacial score (nSPS) is 38.0. The minimum Gasteiger partial charge on any atom is -0.381 e. The molecule has 1 spiro atoms. The van der Waals surface area contributed by atoms with Gasteiger partial charge in [0, 0.05) is 31.5 Å². The Hall–Kier alpha value is -0.620. The summed E-state index contributed by atoms with van der Waals surface area (Å²) in [6, 6.07) is 0. The lowest BCUT2D eigenvalue weighted by Crippen LogP contribution is -2.69. The quantitative estimate of drug-likeness (QED) is 0.758. The van der Waals surface area contributed by atoms with Crippen molar-refractivity contribution in [3.8, 4) is 0 Å². The molecule has 6 heteroatoms. The second-order valence-electron chi connectivity index (χ2n) is 7.86. The Morgan fingerprint density at radius 1 is 1.23 bits per heavy atom. The SMILES string of the molecule is CC1CC1C(=O)N1CC2(C1)C(COCC1CC1)CCS2(=O)=O. The molecule has 2 saturated heterocycles. The molecule has 5 nitrogen and oxygen atoms in total. The number of hydrogen-bond acceptors (Lipinski definition) is 4. The van der Waals surface area contributed by atoms with Gasteiger partial charge in [-0.15, -0.1) is 0 Å². The number of carbonyl (C=O) groups is 1. The van der Waals surface area contributed by atoms with E-state index in [1.165, 1.54) is 12.8 Å². The molecular weight excluding hydrogens is 302 g/mol. The van der Waals surface area contributed by atoms with Crippen molar-refractivity contribution in [3.63, 3.8) is 0 Å². The van der Waals surface area contributed by atoms with Crippen molar-refractivity contribution in [1.82, 2.24) is 4.90 Å². The van der Waals surface area contributed by atoms with E-state index in [4.69, 9.17) is 4.74 Å². The van der Waals surface area contributed by atoms with Crippen LogP contribution in [-0.2, 0) is 19.4 Å². The van der Waals surface area contributed by atoms with Crippen molar-refractivity contribution >= 4 is 15.7 Å². The number of carbonyl (C=O) groups excluding carboxylic acids is 1. The Kier molecular flexibility index (Phi) is 3.35. The predicted molar refractivity (Wildman–Crippen MR) is 82.0 cm³/mol. The zero-order valence-corrected chi connectivity index (χ0v) is 14.0. The van der Waals surface area contributed by atoms with Crippen molar-refractivity contribution in [2.75, 3.05) is 32.1 Å². The first-order valence-corrected chi connectivity index (χ1v) is 10.2. The van der Waals surface area contributed by atoms with Crippen molar-refractivity contribution in [2.24, 2.45) is 23.7 Å². The van der Waals surface area contributed by atoms with E-state index in [2.05, 4.69) is 6.92 Å². The Balaban J connectivity index is 1.39. The van der Waals surface area contributed by atoms with Gasteiger partial charge in [0.25, 0.3) is 0 Å². The Morgan fingerprint density at radius 3 is 2.50 bits per heavy atom. The van der Waals surface area contributed by atoms with Crippen molar-refractivity contribution in [2.45, 2.75) is 37.4 Å². The molecule has 0 aromatic rings. The Labute approximate surface area is 132 Å². The summed E-state index contributed by atoms with van der Waals surface area (Å²) in [6.45, 7) is 4.19. The van der Waals surface area contributed by atoms with Crippen molar-refractivity contribution in [1.29, 1.82) is 0 Å². The molecule has 2 aliphatic heterocycles. The number of sulfone groups is 1. The van der Waals surface area contributed by atoms with Crippen LogP contribution in [0.4, 0.5) is 0 Å². The van der Waals surface area contributed by atoms with Gasteiger partial charge >= 0.3 is 0 Å². The lowest BCUT2D eigenvalue weighted by Gasteiger charge is -2.50. The van der Waals surface area contributed by atoms with Gasteiger partial charge in [0.15, 0.2) is 9.84 Å². The molecule has 2 saturated carbocycles.